The van der Waals surface area contributed by atoms with Crippen LogP contribution in [-0.4, -0.2) is 17.8 Å². The van der Waals surface area contributed by atoms with Crippen molar-refractivity contribution in [2.75, 3.05) is 0 Å². The van der Waals surface area contributed by atoms with Crippen LogP contribution in [0.15, 0.2) is 39.8 Å². The molecule has 0 atom stereocenters. The van der Waals surface area contributed by atoms with E-state index in [-0.39, 0.29) is 9.24 Å². The van der Waals surface area contributed by atoms with Crippen LogP contribution in [0.1, 0.15) is 0 Å². The standard InChI is InChI=1S/C8H5ClN2O2S2/c9-6-1-3-7(4-2-6)15(12,13)8-10-5-11-14-8/h1-5H. The van der Waals surface area contributed by atoms with Crippen molar-refractivity contribution in [1.29, 1.82) is 0 Å². The fraction of sp³-hybridized carbons (Fsp3) is 0. The minimum atomic E-state index is -3.53. The summed E-state index contributed by atoms with van der Waals surface area (Å²) in [5, 5.41) is 0.492. The molecule has 0 saturated heterocycles. The van der Waals surface area contributed by atoms with E-state index in [9.17, 15) is 8.42 Å². The van der Waals surface area contributed by atoms with Crippen molar-refractivity contribution in [3.8, 4) is 0 Å². The van der Waals surface area contributed by atoms with Crippen molar-refractivity contribution >= 4 is 33.0 Å². The number of nitrogens with zero attached hydrogens (tertiary/aromatic N) is 2. The second-order valence-corrected chi connectivity index (χ2v) is 6.00. The molecule has 0 aliphatic rings. The van der Waals surface area contributed by atoms with E-state index in [0.717, 1.165) is 11.5 Å². The molecule has 1 heterocycles. The number of benzene rings is 1. The number of rotatable bonds is 2. The normalized spacial score (nSPS) is 11.5. The summed E-state index contributed by atoms with van der Waals surface area (Å²) in [6.45, 7) is 0. The van der Waals surface area contributed by atoms with Gasteiger partial charge in [0.2, 0.25) is 14.2 Å². The first-order valence-corrected chi connectivity index (χ1v) is 6.51. The molecule has 0 radical (unpaired) electrons. The van der Waals surface area contributed by atoms with Gasteiger partial charge < -0.3 is 0 Å². The van der Waals surface area contributed by atoms with Crippen LogP contribution in [0.4, 0.5) is 0 Å². The molecule has 2 rings (SSSR count). The van der Waals surface area contributed by atoms with Gasteiger partial charge in [-0.3, -0.25) is 0 Å². The summed E-state index contributed by atoms with van der Waals surface area (Å²) in [7, 11) is -3.53. The van der Waals surface area contributed by atoms with Crippen molar-refractivity contribution in [3.63, 3.8) is 0 Å². The molecule has 0 fully saturated rings. The highest BCUT2D eigenvalue weighted by Crippen LogP contribution is 2.22. The van der Waals surface area contributed by atoms with Crippen LogP contribution in [0, 0.1) is 0 Å². The average Bonchev–Trinajstić information content (AvgIpc) is 2.71. The Kier molecular flexibility index (Phi) is 2.72. The van der Waals surface area contributed by atoms with Crippen LogP contribution >= 0.6 is 23.1 Å². The van der Waals surface area contributed by atoms with Gasteiger partial charge in [0.1, 0.15) is 6.33 Å². The van der Waals surface area contributed by atoms with Gasteiger partial charge in [-0.15, -0.1) is 0 Å². The molecule has 0 aliphatic heterocycles. The second-order valence-electron chi connectivity index (χ2n) is 2.66. The van der Waals surface area contributed by atoms with Gasteiger partial charge in [-0.2, -0.15) is 4.37 Å². The fourth-order valence-electron chi connectivity index (χ4n) is 0.996. The zero-order valence-electron chi connectivity index (χ0n) is 7.29. The average molecular weight is 261 g/mol. The van der Waals surface area contributed by atoms with E-state index < -0.39 is 9.84 Å². The minimum Gasteiger partial charge on any atom is -0.216 e. The van der Waals surface area contributed by atoms with Gasteiger partial charge in [0.05, 0.1) is 4.90 Å². The Balaban J connectivity index is 2.52. The van der Waals surface area contributed by atoms with E-state index in [1.54, 1.807) is 0 Å². The molecular weight excluding hydrogens is 256 g/mol. The lowest BCUT2D eigenvalue weighted by atomic mass is 10.4. The number of sulfone groups is 1. The molecule has 0 aliphatic carbocycles. The lowest BCUT2D eigenvalue weighted by Crippen LogP contribution is -2.00. The smallest absolute Gasteiger partial charge is 0.216 e. The van der Waals surface area contributed by atoms with Crippen molar-refractivity contribution in [3.05, 3.63) is 35.6 Å². The molecule has 15 heavy (non-hydrogen) atoms. The van der Waals surface area contributed by atoms with Gasteiger partial charge in [-0.25, -0.2) is 13.4 Å². The third kappa shape index (κ3) is 2.01. The largest absolute Gasteiger partial charge is 0.235 e. The van der Waals surface area contributed by atoms with E-state index in [1.165, 1.54) is 30.6 Å². The summed E-state index contributed by atoms with van der Waals surface area (Å²) in [5.74, 6) is 0. The highest BCUT2D eigenvalue weighted by Gasteiger charge is 2.20. The molecule has 2 aromatic rings. The van der Waals surface area contributed by atoms with E-state index >= 15 is 0 Å². The molecule has 0 saturated carbocycles. The first-order chi connectivity index (χ1) is 7.10. The Morgan fingerprint density at radius 3 is 2.40 bits per heavy atom. The van der Waals surface area contributed by atoms with E-state index in [0.29, 0.717) is 5.02 Å². The topological polar surface area (TPSA) is 59.9 Å². The van der Waals surface area contributed by atoms with Gasteiger partial charge >= 0.3 is 0 Å². The van der Waals surface area contributed by atoms with Crippen LogP contribution in [0.5, 0.6) is 0 Å². The Labute approximate surface area is 95.6 Å². The molecule has 0 amide bonds. The highest BCUT2D eigenvalue weighted by atomic mass is 35.5. The van der Waals surface area contributed by atoms with E-state index in [4.69, 9.17) is 11.6 Å². The van der Waals surface area contributed by atoms with Crippen LogP contribution in [0.2, 0.25) is 5.02 Å². The Morgan fingerprint density at radius 1 is 1.20 bits per heavy atom. The van der Waals surface area contributed by atoms with Crippen molar-refractivity contribution in [1.82, 2.24) is 9.36 Å². The SMILES string of the molecule is O=S(=O)(c1ccc(Cl)cc1)c1ncns1. The molecular formula is C8H5ClN2O2S2. The quantitative estimate of drug-likeness (QED) is 0.829. The van der Waals surface area contributed by atoms with E-state index in [2.05, 4.69) is 9.36 Å². The maximum Gasteiger partial charge on any atom is 0.235 e. The second kappa shape index (κ2) is 3.88. The van der Waals surface area contributed by atoms with Crippen molar-refractivity contribution < 1.29 is 8.42 Å². The predicted molar refractivity (Wildman–Crippen MR) is 56.8 cm³/mol. The third-order valence-electron chi connectivity index (χ3n) is 1.69. The maximum atomic E-state index is 11.9. The molecule has 78 valence electrons. The zero-order valence-corrected chi connectivity index (χ0v) is 9.68. The zero-order chi connectivity index (χ0) is 10.9. The predicted octanol–water partition coefficient (Wildman–Crippen LogP) is 2.02. The van der Waals surface area contributed by atoms with E-state index in [1.807, 2.05) is 0 Å². The van der Waals surface area contributed by atoms with Gasteiger partial charge in [0.15, 0.2) is 0 Å². The Hall–Kier alpha value is -0.980. The fourth-order valence-corrected chi connectivity index (χ4v) is 3.09. The number of aromatic nitrogens is 2. The molecule has 4 nitrogen and oxygen atoms in total. The summed E-state index contributed by atoms with van der Waals surface area (Å²) in [5.41, 5.74) is 0. The van der Waals surface area contributed by atoms with Crippen molar-refractivity contribution in [2.45, 2.75) is 9.24 Å². The third-order valence-corrected chi connectivity index (χ3v) is 4.75. The Morgan fingerprint density at radius 2 is 1.87 bits per heavy atom. The molecule has 0 unspecified atom stereocenters. The van der Waals surface area contributed by atoms with Crippen LogP contribution in [0.3, 0.4) is 0 Å². The van der Waals surface area contributed by atoms with Gasteiger partial charge in [0.25, 0.3) is 0 Å². The molecule has 7 heteroatoms. The number of hydrogen-bond donors (Lipinski definition) is 0. The summed E-state index contributed by atoms with van der Waals surface area (Å²) in [6.07, 6.45) is 1.22. The number of halogens is 1. The lowest BCUT2D eigenvalue weighted by Gasteiger charge is -1.99. The van der Waals surface area contributed by atoms with Gasteiger partial charge in [0, 0.05) is 5.02 Å². The van der Waals surface area contributed by atoms with Gasteiger partial charge in [-0.1, -0.05) is 11.6 Å². The van der Waals surface area contributed by atoms with Crippen LogP contribution in [-0.2, 0) is 9.84 Å². The Bertz CT molecular complexity index is 549. The lowest BCUT2D eigenvalue weighted by molar-refractivity contribution is 0.595. The molecule has 1 aromatic heterocycles. The molecule has 1 aromatic carbocycles. The molecule has 0 spiro atoms. The summed E-state index contributed by atoms with van der Waals surface area (Å²) in [4.78, 5) is 3.84. The summed E-state index contributed by atoms with van der Waals surface area (Å²) >= 11 is 6.51. The van der Waals surface area contributed by atoms with Crippen LogP contribution in [0.25, 0.3) is 0 Å². The maximum absolute atomic E-state index is 11.9. The first kappa shape index (κ1) is 10.5. The first-order valence-electron chi connectivity index (χ1n) is 3.88. The summed E-state index contributed by atoms with van der Waals surface area (Å²) in [6, 6.07) is 5.93. The summed E-state index contributed by atoms with van der Waals surface area (Å²) < 4.78 is 27.4. The highest BCUT2D eigenvalue weighted by molar-refractivity contribution is 7.93. The van der Waals surface area contributed by atoms with Gasteiger partial charge in [-0.05, 0) is 35.8 Å². The monoisotopic (exact) mass is 260 g/mol. The number of hydrogen-bond acceptors (Lipinski definition) is 5. The van der Waals surface area contributed by atoms with Crippen molar-refractivity contribution in [2.24, 2.45) is 0 Å². The molecule has 0 N–H and O–H groups in total. The minimum absolute atomic E-state index is 0.00942. The van der Waals surface area contributed by atoms with Crippen LogP contribution < -0.4 is 0 Å². The molecule has 0 bridgehead atoms.